The summed E-state index contributed by atoms with van der Waals surface area (Å²) in [6.07, 6.45) is 1.30. The number of aromatic nitrogens is 1. The molecule has 1 rings (SSSR count). The molecule has 74 valence electrons. The highest BCUT2D eigenvalue weighted by atomic mass is 32.2. The van der Waals surface area contributed by atoms with Crippen LogP contribution in [0.4, 0.5) is 4.39 Å². The summed E-state index contributed by atoms with van der Waals surface area (Å²) in [4.78, 5) is 11.2. The van der Waals surface area contributed by atoms with Gasteiger partial charge in [0.05, 0.1) is 18.6 Å². The predicted molar refractivity (Wildman–Crippen MR) is 48.9 cm³/mol. The van der Waals surface area contributed by atoms with E-state index >= 15 is 0 Å². The topological polar surface area (TPSA) is 55.0 Å². The number of carbonyl (C=O) groups is 1. The molecule has 14 heavy (non-hydrogen) atoms. The zero-order chi connectivity index (χ0) is 10.6. The molecule has 0 aliphatic heterocycles. The van der Waals surface area contributed by atoms with E-state index in [9.17, 15) is 9.18 Å². The second kappa shape index (κ2) is 4.67. The zero-order valence-corrected chi connectivity index (χ0v) is 8.18. The molecule has 0 radical (unpaired) electrons. The van der Waals surface area contributed by atoms with Crippen molar-refractivity contribution in [3.63, 3.8) is 0 Å². The number of rotatable bonds is 3. The van der Waals surface area contributed by atoms with Crippen molar-refractivity contribution in [2.24, 2.45) is 0 Å². The number of esters is 1. The summed E-state index contributed by atoms with van der Waals surface area (Å²) < 4.78 is 18.8. The molecular formula is C8H7FN2O2S. The molecule has 0 aliphatic rings. The van der Waals surface area contributed by atoms with Crippen LogP contribution in [-0.2, 0) is 4.74 Å². The minimum absolute atomic E-state index is 0.167. The average molecular weight is 214 g/mol. The zero-order valence-electron chi connectivity index (χ0n) is 7.36. The van der Waals surface area contributed by atoms with Crippen LogP contribution in [0.1, 0.15) is 17.4 Å². The Hall–Kier alpha value is -1.48. The van der Waals surface area contributed by atoms with Gasteiger partial charge >= 0.3 is 5.97 Å². The van der Waals surface area contributed by atoms with Gasteiger partial charge in [0.15, 0.2) is 16.9 Å². The molecule has 0 amide bonds. The molecule has 0 fully saturated rings. The monoisotopic (exact) mass is 214 g/mol. The van der Waals surface area contributed by atoms with Gasteiger partial charge in [0.1, 0.15) is 0 Å². The van der Waals surface area contributed by atoms with Gasteiger partial charge in [0.25, 0.3) is 0 Å². The summed E-state index contributed by atoms with van der Waals surface area (Å²) in [5.41, 5.74) is -0.238. The van der Waals surface area contributed by atoms with Crippen molar-refractivity contribution >= 4 is 17.9 Å². The van der Waals surface area contributed by atoms with Crippen LogP contribution in [-0.4, -0.2) is 16.5 Å². The summed E-state index contributed by atoms with van der Waals surface area (Å²) in [6.45, 7) is 1.79. The first-order valence-corrected chi connectivity index (χ1v) is 4.58. The highest BCUT2D eigenvalue weighted by Crippen LogP contribution is 2.16. The van der Waals surface area contributed by atoms with Crippen LogP contribution in [0.15, 0.2) is 12.3 Å². The number of nitrogens with zero attached hydrogens (tertiary/aromatic N) is 2. The summed E-state index contributed by atoms with van der Waals surface area (Å²) in [5, 5.41) is 10.1. The number of nitriles is 1. The molecule has 0 aliphatic carbocycles. The number of carbonyl (C=O) groups excluding carboxylic acids is 1. The van der Waals surface area contributed by atoms with E-state index in [-0.39, 0.29) is 12.3 Å². The highest BCUT2D eigenvalue weighted by molar-refractivity contribution is 8.02. The molecule has 0 unspecified atom stereocenters. The average Bonchev–Trinajstić information content (AvgIpc) is 2.48. The van der Waals surface area contributed by atoms with Crippen LogP contribution < -0.4 is 0 Å². The SMILES string of the molecule is CCOC(=O)c1c(F)ccn1SC#N. The van der Waals surface area contributed by atoms with Crippen molar-refractivity contribution < 1.29 is 13.9 Å². The third-order valence-corrected chi connectivity index (χ3v) is 1.99. The fourth-order valence-corrected chi connectivity index (χ4v) is 1.36. The molecule has 0 bridgehead atoms. The largest absolute Gasteiger partial charge is 0.461 e. The third kappa shape index (κ3) is 2.06. The quantitative estimate of drug-likeness (QED) is 0.568. The summed E-state index contributed by atoms with van der Waals surface area (Å²) in [7, 11) is 0. The van der Waals surface area contributed by atoms with Crippen LogP contribution in [0.3, 0.4) is 0 Å². The fourth-order valence-electron chi connectivity index (χ4n) is 0.899. The van der Waals surface area contributed by atoms with Crippen molar-refractivity contribution in [3.8, 4) is 5.40 Å². The van der Waals surface area contributed by atoms with Crippen LogP contribution in [0, 0.1) is 16.5 Å². The minimum atomic E-state index is -0.766. The normalized spacial score (nSPS) is 9.50. The second-order valence-corrected chi connectivity index (χ2v) is 3.00. The van der Waals surface area contributed by atoms with Crippen molar-refractivity contribution in [1.29, 1.82) is 5.26 Å². The second-order valence-electron chi connectivity index (χ2n) is 2.24. The van der Waals surface area contributed by atoms with Crippen molar-refractivity contribution in [3.05, 3.63) is 23.8 Å². The van der Waals surface area contributed by atoms with Crippen LogP contribution in [0.25, 0.3) is 0 Å². The molecule has 1 aromatic rings. The first kappa shape index (κ1) is 10.6. The Morgan fingerprint density at radius 2 is 2.57 bits per heavy atom. The van der Waals surface area contributed by atoms with E-state index in [4.69, 9.17) is 5.26 Å². The minimum Gasteiger partial charge on any atom is -0.461 e. The lowest BCUT2D eigenvalue weighted by molar-refractivity contribution is 0.0513. The Kier molecular flexibility index (Phi) is 3.54. The third-order valence-electron chi connectivity index (χ3n) is 1.41. The standard InChI is InChI=1S/C8H7FN2O2S/c1-2-13-8(12)7-6(9)3-4-11(7)14-5-10/h3-4H,2H2,1H3. The number of hydrogen-bond donors (Lipinski definition) is 0. The van der Waals surface area contributed by atoms with Gasteiger partial charge in [-0.05, 0) is 13.0 Å². The van der Waals surface area contributed by atoms with Gasteiger partial charge in [0.2, 0.25) is 0 Å². The Labute approximate surface area is 84.4 Å². The molecule has 0 N–H and O–H groups in total. The molecule has 0 spiro atoms. The Balaban J connectivity index is 2.99. The highest BCUT2D eigenvalue weighted by Gasteiger charge is 2.18. The summed E-state index contributed by atoms with van der Waals surface area (Å²) >= 11 is 0.658. The number of ether oxygens (including phenoxy) is 1. The van der Waals surface area contributed by atoms with Crippen LogP contribution in [0.5, 0.6) is 0 Å². The van der Waals surface area contributed by atoms with Gasteiger partial charge < -0.3 is 4.74 Å². The molecule has 0 atom stereocenters. The predicted octanol–water partition coefficient (Wildman–Crippen LogP) is 1.78. The van der Waals surface area contributed by atoms with Gasteiger partial charge in [-0.2, -0.15) is 5.26 Å². The van der Waals surface area contributed by atoms with Crippen LogP contribution in [0.2, 0.25) is 0 Å². The Morgan fingerprint density at radius 1 is 1.86 bits per heavy atom. The smallest absolute Gasteiger partial charge is 0.358 e. The van der Waals surface area contributed by atoms with Gasteiger partial charge in [-0.1, -0.05) is 0 Å². The summed E-state index contributed by atoms with van der Waals surface area (Å²) in [5.74, 6) is -1.45. The van der Waals surface area contributed by atoms with Crippen molar-refractivity contribution in [1.82, 2.24) is 3.97 Å². The van der Waals surface area contributed by atoms with Gasteiger partial charge in [-0.15, -0.1) is 0 Å². The Morgan fingerprint density at radius 3 is 3.14 bits per heavy atom. The molecule has 0 aromatic carbocycles. The van der Waals surface area contributed by atoms with Gasteiger partial charge in [0, 0.05) is 6.20 Å². The lowest BCUT2D eigenvalue weighted by Crippen LogP contribution is -2.10. The van der Waals surface area contributed by atoms with E-state index in [1.54, 1.807) is 12.3 Å². The van der Waals surface area contributed by atoms with Gasteiger partial charge in [-0.3, -0.25) is 3.97 Å². The Bertz CT molecular complexity index is 383. The maximum atomic E-state index is 13.1. The molecule has 0 saturated heterocycles. The van der Waals surface area contributed by atoms with Crippen molar-refractivity contribution in [2.45, 2.75) is 6.92 Å². The number of halogens is 1. The molecule has 1 aromatic heterocycles. The van der Waals surface area contributed by atoms with Crippen LogP contribution >= 0.6 is 11.9 Å². The molecule has 6 heteroatoms. The first-order chi connectivity index (χ1) is 6.70. The fraction of sp³-hybridized carbons (Fsp3) is 0.250. The van der Waals surface area contributed by atoms with E-state index in [0.29, 0.717) is 11.9 Å². The van der Waals surface area contributed by atoms with E-state index in [0.717, 1.165) is 10.0 Å². The van der Waals surface area contributed by atoms with E-state index < -0.39 is 11.8 Å². The maximum Gasteiger partial charge on any atom is 0.358 e. The molecule has 1 heterocycles. The van der Waals surface area contributed by atoms with Gasteiger partial charge in [-0.25, -0.2) is 9.18 Å². The van der Waals surface area contributed by atoms with Crippen molar-refractivity contribution in [2.75, 3.05) is 6.61 Å². The lowest BCUT2D eigenvalue weighted by Gasteiger charge is -2.02. The molecular weight excluding hydrogens is 207 g/mol. The van der Waals surface area contributed by atoms with E-state index in [1.807, 2.05) is 0 Å². The van der Waals surface area contributed by atoms with E-state index in [2.05, 4.69) is 4.74 Å². The first-order valence-electron chi connectivity index (χ1n) is 3.81. The van der Waals surface area contributed by atoms with E-state index in [1.165, 1.54) is 6.20 Å². The maximum absolute atomic E-state index is 13.1. The molecule has 0 saturated carbocycles. The summed E-state index contributed by atoms with van der Waals surface area (Å²) in [6, 6.07) is 1.11. The number of thiocyanates is 1. The lowest BCUT2D eigenvalue weighted by atomic mass is 10.4. The number of hydrogen-bond acceptors (Lipinski definition) is 4. The molecule has 4 nitrogen and oxygen atoms in total.